The van der Waals surface area contributed by atoms with Gasteiger partial charge in [-0.2, -0.15) is 5.10 Å². The number of hydrogen-bond acceptors (Lipinski definition) is 6. The quantitative estimate of drug-likeness (QED) is 0.733. The molecule has 142 valence electrons. The Morgan fingerprint density at radius 2 is 2.00 bits per heavy atom. The van der Waals surface area contributed by atoms with Crippen molar-refractivity contribution in [2.75, 3.05) is 34.5 Å². The predicted octanol–water partition coefficient (Wildman–Crippen LogP) is 1.23. The van der Waals surface area contributed by atoms with Crippen LogP contribution in [0, 0.1) is 0 Å². The van der Waals surface area contributed by atoms with E-state index in [4.69, 9.17) is 14.2 Å². The van der Waals surface area contributed by atoms with Gasteiger partial charge in [0.05, 0.1) is 26.5 Å². The van der Waals surface area contributed by atoms with Crippen molar-refractivity contribution >= 4 is 5.91 Å². The van der Waals surface area contributed by atoms with Crippen LogP contribution in [-0.4, -0.2) is 60.9 Å². The Morgan fingerprint density at radius 1 is 1.27 bits per heavy atom. The number of carbonyl (C=O) groups excluding carboxylic acids is 1. The second kappa shape index (κ2) is 8.20. The lowest BCUT2D eigenvalue weighted by Crippen LogP contribution is -2.44. The molecule has 1 aromatic carbocycles. The maximum atomic E-state index is 12.5. The summed E-state index contributed by atoms with van der Waals surface area (Å²) >= 11 is 0. The van der Waals surface area contributed by atoms with Gasteiger partial charge in [-0.1, -0.05) is 0 Å². The van der Waals surface area contributed by atoms with Crippen LogP contribution in [0.2, 0.25) is 0 Å². The van der Waals surface area contributed by atoms with Gasteiger partial charge < -0.3 is 24.6 Å². The summed E-state index contributed by atoms with van der Waals surface area (Å²) in [5, 5.41) is 17.2. The largest absolute Gasteiger partial charge is 0.497 e. The zero-order chi connectivity index (χ0) is 19.3. The Bertz CT molecular complexity index is 770. The zero-order valence-electron chi connectivity index (χ0n) is 15.7. The third-order valence-corrected chi connectivity index (χ3v) is 3.88. The number of rotatable bonds is 8. The Morgan fingerprint density at radius 3 is 2.62 bits per heavy atom. The molecule has 8 nitrogen and oxygen atoms in total. The molecule has 2 N–H and O–H groups in total. The Hall–Kier alpha value is -2.58. The first-order valence-electron chi connectivity index (χ1n) is 8.07. The highest BCUT2D eigenvalue weighted by Gasteiger charge is 2.23. The molecule has 0 bridgehead atoms. The van der Waals surface area contributed by atoms with Crippen molar-refractivity contribution < 1.29 is 24.1 Å². The summed E-state index contributed by atoms with van der Waals surface area (Å²) < 4.78 is 17.0. The average molecular weight is 363 g/mol. The van der Waals surface area contributed by atoms with Crippen LogP contribution in [0.3, 0.4) is 0 Å². The van der Waals surface area contributed by atoms with Gasteiger partial charge in [-0.15, -0.1) is 0 Å². The lowest BCUT2D eigenvalue weighted by Gasteiger charge is -2.22. The molecule has 0 aliphatic carbocycles. The van der Waals surface area contributed by atoms with Crippen molar-refractivity contribution in [3.63, 3.8) is 0 Å². The van der Waals surface area contributed by atoms with Gasteiger partial charge in [-0.05, 0) is 31.2 Å². The van der Waals surface area contributed by atoms with E-state index in [0.717, 1.165) is 0 Å². The van der Waals surface area contributed by atoms with Gasteiger partial charge in [-0.3, -0.25) is 9.48 Å². The van der Waals surface area contributed by atoms with E-state index in [1.54, 1.807) is 52.5 Å². The molecule has 0 fully saturated rings. The Balaban J connectivity index is 2.25. The second-order valence-electron chi connectivity index (χ2n) is 6.22. The van der Waals surface area contributed by atoms with Crippen molar-refractivity contribution in [3.8, 4) is 22.8 Å². The van der Waals surface area contributed by atoms with Crippen LogP contribution in [0.4, 0.5) is 0 Å². The smallest absolute Gasteiger partial charge is 0.269 e. The average Bonchev–Trinajstić information content (AvgIpc) is 3.00. The Labute approximate surface area is 152 Å². The normalized spacial score (nSPS) is 13.2. The molecule has 1 atom stereocenters. The van der Waals surface area contributed by atoms with Crippen molar-refractivity contribution in [2.24, 2.45) is 7.05 Å². The number of aryl methyl sites for hydroxylation is 1. The highest BCUT2D eigenvalue weighted by atomic mass is 16.5. The number of hydrogen-bond donors (Lipinski definition) is 2. The summed E-state index contributed by atoms with van der Waals surface area (Å²) in [6, 6.07) is 7.03. The molecule has 26 heavy (non-hydrogen) atoms. The molecule has 1 heterocycles. The fraction of sp³-hybridized carbons (Fsp3) is 0.444. The molecule has 1 aromatic heterocycles. The topological polar surface area (TPSA) is 94.8 Å². The number of amides is 1. The molecule has 1 amide bonds. The summed E-state index contributed by atoms with van der Waals surface area (Å²) in [6.07, 6.45) is 0. The molecule has 0 unspecified atom stereocenters. The summed E-state index contributed by atoms with van der Waals surface area (Å²) in [4.78, 5) is 12.5. The fourth-order valence-electron chi connectivity index (χ4n) is 2.55. The third-order valence-electron chi connectivity index (χ3n) is 3.88. The lowest BCUT2D eigenvalue weighted by molar-refractivity contribution is -0.0147. The number of aliphatic hydroxyl groups is 1. The predicted molar refractivity (Wildman–Crippen MR) is 96.6 cm³/mol. The minimum atomic E-state index is -1.15. The van der Waals surface area contributed by atoms with E-state index in [-0.39, 0.29) is 19.1 Å². The number of ether oxygens (including phenoxy) is 3. The monoisotopic (exact) mass is 363 g/mol. The molecule has 0 radical (unpaired) electrons. The van der Waals surface area contributed by atoms with Crippen LogP contribution in [0.15, 0.2) is 24.3 Å². The van der Waals surface area contributed by atoms with E-state index in [1.807, 2.05) is 0 Å². The van der Waals surface area contributed by atoms with E-state index in [1.165, 1.54) is 11.8 Å². The number of nitrogens with one attached hydrogen (secondary N) is 1. The van der Waals surface area contributed by atoms with E-state index in [2.05, 4.69) is 10.4 Å². The SMILES string of the molecule is COC[C@](C)(O)CNC(=O)c1cc(-c2cc(OC)ccc2OC)nn1C. The molecule has 8 heteroatoms. The highest BCUT2D eigenvalue weighted by molar-refractivity contribution is 5.94. The number of aromatic nitrogens is 2. The van der Waals surface area contributed by atoms with E-state index < -0.39 is 5.60 Å². The first-order valence-corrected chi connectivity index (χ1v) is 8.07. The van der Waals surface area contributed by atoms with Gasteiger partial charge in [0, 0.05) is 26.3 Å². The maximum absolute atomic E-state index is 12.5. The number of benzene rings is 1. The molecule has 2 aromatic rings. The molecule has 0 aliphatic rings. The van der Waals surface area contributed by atoms with Crippen LogP contribution in [0.25, 0.3) is 11.3 Å². The fourth-order valence-corrected chi connectivity index (χ4v) is 2.55. The van der Waals surface area contributed by atoms with Crippen LogP contribution in [0.1, 0.15) is 17.4 Å². The molecule has 0 saturated carbocycles. The molecule has 0 aliphatic heterocycles. The summed E-state index contributed by atoms with van der Waals surface area (Å²) in [6.45, 7) is 1.76. The standard InChI is InChI=1S/C18H25N3O5/c1-18(23,11-24-3)10-19-17(22)15-9-14(20-21(15)2)13-8-12(25-4)6-7-16(13)26-5/h6-9,23H,10-11H2,1-5H3,(H,19,22)/t18-/m1/s1. The Kier molecular flexibility index (Phi) is 6.23. The first kappa shape index (κ1) is 19.7. The first-order chi connectivity index (χ1) is 12.3. The van der Waals surface area contributed by atoms with Crippen molar-refractivity contribution in [3.05, 3.63) is 30.0 Å². The van der Waals surface area contributed by atoms with Crippen molar-refractivity contribution in [2.45, 2.75) is 12.5 Å². The molecule has 2 rings (SSSR count). The van der Waals surface area contributed by atoms with Crippen molar-refractivity contribution in [1.29, 1.82) is 0 Å². The molecular weight excluding hydrogens is 338 g/mol. The second-order valence-corrected chi connectivity index (χ2v) is 6.22. The van der Waals surface area contributed by atoms with E-state index >= 15 is 0 Å². The molecule has 0 spiro atoms. The summed E-state index contributed by atoms with van der Waals surface area (Å²) in [5.74, 6) is 0.941. The maximum Gasteiger partial charge on any atom is 0.269 e. The number of methoxy groups -OCH3 is 3. The zero-order valence-corrected chi connectivity index (χ0v) is 15.7. The van der Waals surface area contributed by atoms with Crippen LogP contribution in [0.5, 0.6) is 11.5 Å². The molecule has 0 saturated heterocycles. The minimum Gasteiger partial charge on any atom is -0.497 e. The van der Waals surface area contributed by atoms with Crippen molar-refractivity contribution in [1.82, 2.24) is 15.1 Å². The number of carbonyl (C=O) groups is 1. The van der Waals surface area contributed by atoms with E-state index in [9.17, 15) is 9.90 Å². The van der Waals surface area contributed by atoms with Gasteiger partial charge in [-0.25, -0.2) is 0 Å². The third kappa shape index (κ3) is 4.53. The van der Waals surface area contributed by atoms with Gasteiger partial charge in [0.1, 0.15) is 22.8 Å². The van der Waals surface area contributed by atoms with Gasteiger partial charge in [0.15, 0.2) is 0 Å². The van der Waals surface area contributed by atoms with Gasteiger partial charge in [0.25, 0.3) is 5.91 Å². The van der Waals surface area contributed by atoms with Crippen LogP contribution >= 0.6 is 0 Å². The highest BCUT2D eigenvalue weighted by Crippen LogP contribution is 2.32. The van der Waals surface area contributed by atoms with E-state index in [0.29, 0.717) is 28.5 Å². The summed E-state index contributed by atoms with van der Waals surface area (Å²) in [5.41, 5.74) is 0.505. The van der Waals surface area contributed by atoms with Gasteiger partial charge in [0.2, 0.25) is 0 Å². The minimum absolute atomic E-state index is 0.0582. The number of nitrogens with zero attached hydrogens (tertiary/aromatic N) is 2. The molecular formula is C18H25N3O5. The lowest BCUT2D eigenvalue weighted by atomic mass is 10.1. The van der Waals surface area contributed by atoms with Crippen LogP contribution < -0.4 is 14.8 Å². The summed E-state index contributed by atoms with van der Waals surface area (Å²) in [7, 11) is 6.32. The van der Waals surface area contributed by atoms with Gasteiger partial charge >= 0.3 is 0 Å². The van der Waals surface area contributed by atoms with Crippen LogP contribution in [-0.2, 0) is 11.8 Å².